The summed E-state index contributed by atoms with van der Waals surface area (Å²) in [6, 6.07) is 29.7. The van der Waals surface area contributed by atoms with Gasteiger partial charge in [0.2, 0.25) is 5.91 Å². The van der Waals surface area contributed by atoms with Crippen LogP contribution in [0.5, 0.6) is 11.5 Å². The Balaban J connectivity index is 0.000000370. The molecule has 4 rings (SSSR count). The predicted octanol–water partition coefficient (Wildman–Crippen LogP) is 10.0. The molecular formula is C54H76N2O9. The van der Waals surface area contributed by atoms with Crippen molar-refractivity contribution in [2.45, 2.75) is 144 Å². The Morgan fingerprint density at radius 2 is 0.862 bits per heavy atom. The Morgan fingerprint density at radius 3 is 1.20 bits per heavy atom. The van der Waals surface area contributed by atoms with Gasteiger partial charge in [0.05, 0.1) is 26.1 Å². The number of ether oxygens (including phenoxy) is 4. The zero-order valence-electron chi connectivity index (χ0n) is 41.3. The van der Waals surface area contributed by atoms with Crippen molar-refractivity contribution in [1.82, 2.24) is 5.32 Å². The van der Waals surface area contributed by atoms with Gasteiger partial charge >= 0.3 is 17.9 Å². The van der Waals surface area contributed by atoms with Gasteiger partial charge in [-0.3, -0.25) is 14.4 Å². The summed E-state index contributed by atoms with van der Waals surface area (Å²) in [5.74, 6) is 0.140. The van der Waals surface area contributed by atoms with E-state index in [1.807, 2.05) is 133 Å². The molecule has 0 aliphatic heterocycles. The number of aliphatic carboxylic acids is 1. The Kier molecular flexibility index (Phi) is 22.5. The van der Waals surface area contributed by atoms with Crippen molar-refractivity contribution < 1.29 is 43.2 Å². The van der Waals surface area contributed by atoms with Gasteiger partial charge < -0.3 is 35.1 Å². The largest absolute Gasteiger partial charge is 0.488 e. The highest BCUT2D eigenvalue weighted by molar-refractivity contribution is 5.88. The van der Waals surface area contributed by atoms with Crippen molar-refractivity contribution in [2.75, 3.05) is 14.2 Å². The first kappa shape index (κ1) is 55.5. The minimum absolute atomic E-state index is 0.204. The third-order valence-electron chi connectivity index (χ3n) is 9.91. The van der Waals surface area contributed by atoms with Crippen LogP contribution in [0.25, 0.3) is 0 Å². The summed E-state index contributed by atoms with van der Waals surface area (Å²) >= 11 is 0. The molecule has 65 heavy (non-hydrogen) atoms. The van der Waals surface area contributed by atoms with Gasteiger partial charge in [0.25, 0.3) is 0 Å². The maximum Gasteiger partial charge on any atom is 0.328 e. The molecule has 0 aromatic heterocycles. The van der Waals surface area contributed by atoms with Crippen molar-refractivity contribution in [2.24, 2.45) is 17.6 Å². The van der Waals surface area contributed by atoms with Crippen LogP contribution in [0.3, 0.4) is 0 Å². The second-order valence-electron chi connectivity index (χ2n) is 19.3. The fraction of sp³-hybridized carbons (Fsp3) is 0.481. The summed E-state index contributed by atoms with van der Waals surface area (Å²) in [5, 5.41) is 11.7. The van der Waals surface area contributed by atoms with Crippen LogP contribution in [0.15, 0.2) is 97.1 Å². The summed E-state index contributed by atoms with van der Waals surface area (Å²) in [6.45, 7) is 24.2. The summed E-state index contributed by atoms with van der Waals surface area (Å²) in [7, 11) is 2.67. The average Bonchev–Trinajstić information content (AvgIpc) is 3.23. The molecule has 4 unspecified atom stereocenters. The highest BCUT2D eigenvalue weighted by Gasteiger charge is 2.26. The van der Waals surface area contributed by atoms with E-state index < -0.39 is 35.9 Å². The number of nitrogens with two attached hydrogens (primary N) is 1. The van der Waals surface area contributed by atoms with E-state index in [1.54, 1.807) is 6.92 Å². The first-order valence-electron chi connectivity index (χ1n) is 22.5. The molecule has 0 heterocycles. The second-order valence-corrected chi connectivity index (χ2v) is 19.3. The topological polar surface area (TPSA) is 163 Å². The van der Waals surface area contributed by atoms with Crippen LogP contribution >= 0.6 is 0 Å². The molecule has 4 N–H and O–H groups in total. The monoisotopic (exact) mass is 897 g/mol. The molecule has 0 aliphatic carbocycles. The summed E-state index contributed by atoms with van der Waals surface area (Å²) < 4.78 is 21.1. The minimum atomic E-state index is -0.772. The van der Waals surface area contributed by atoms with E-state index in [0.29, 0.717) is 24.7 Å². The van der Waals surface area contributed by atoms with Gasteiger partial charge in [-0.1, -0.05) is 100 Å². The molecule has 1 amide bonds. The van der Waals surface area contributed by atoms with Gasteiger partial charge in [-0.15, -0.1) is 0 Å². The molecule has 0 spiro atoms. The lowest BCUT2D eigenvalue weighted by atomic mass is 9.95. The smallest absolute Gasteiger partial charge is 0.328 e. The standard InChI is InChI=1S/C27H37NO4.C14H21NO3.C13H18O2/c1-18(2)16-20-8-12-22(13-9-20)19(3)25(29)28-24(26(30)31-7)17-21-10-14-23(15-11-21)32-27(4,5)6;1-14(2,3)18-11-7-5-10(6-8-11)9-12(15)13(16)17-4;1-9(2)8-11-4-6-12(7-5-11)10(3)13(14)15/h8-15,18-19,24H,16-17H2,1-7H3,(H,28,29);5-8,12H,9,15H2,1-4H3;4-7,9-10H,8H2,1-3H3,(H,14,15). The SMILES string of the molecule is CC(C)Cc1ccc(C(C)C(=O)O)cc1.COC(=O)C(Cc1ccc(OC(C)(C)C)cc1)NC(=O)C(C)c1ccc(CC(C)C)cc1.COC(=O)C(N)Cc1ccc(OC(C)(C)C)cc1. The molecule has 4 atom stereocenters. The van der Waals surface area contributed by atoms with Crippen molar-refractivity contribution in [3.05, 3.63) is 130 Å². The van der Waals surface area contributed by atoms with Crippen LogP contribution in [0.2, 0.25) is 0 Å². The van der Waals surface area contributed by atoms with Crippen molar-refractivity contribution in [3.8, 4) is 11.5 Å². The summed E-state index contributed by atoms with van der Waals surface area (Å²) in [6.07, 6.45) is 2.85. The van der Waals surface area contributed by atoms with Crippen LogP contribution in [0.4, 0.5) is 0 Å². The van der Waals surface area contributed by atoms with Crippen molar-refractivity contribution in [1.29, 1.82) is 0 Å². The quantitative estimate of drug-likeness (QED) is 0.0870. The second kappa shape index (κ2) is 26.3. The van der Waals surface area contributed by atoms with Crippen LogP contribution in [-0.4, -0.2) is 66.4 Å². The molecule has 0 fully saturated rings. The molecule has 356 valence electrons. The number of carbonyl (C=O) groups excluding carboxylic acids is 3. The highest BCUT2D eigenvalue weighted by atomic mass is 16.5. The third kappa shape index (κ3) is 21.7. The molecule has 11 nitrogen and oxygen atoms in total. The molecule has 4 aromatic rings. The maximum atomic E-state index is 12.9. The fourth-order valence-corrected chi connectivity index (χ4v) is 6.57. The zero-order chi connectivity index (χ0) is 49.1. The number of methoxy groups -OCH3 is 2. The highest BCUT2D eigenvalue weighted by Crippen LogP contribution is 2.23. The van der Waals surface area contributed by atoms with E-state index in [4.69, 9.17) is 25.1 Å². The van der Waals surface area contributed by atoms with Crippen LogP contribution < -0.4 is 20.5 Å². The lowest BCUT2D eigenvalue weighted by Gasteiger charge is -2.22. The van der Waals surface area contributed by atoms with E-state index in [2.05, 4.69) is 49.9 Å². The first-order chi connectivity index (χ1) is 30.3. The van der Waals surface area contributed by atoms with E-state index in [-0.39, 0.29) is 23.0 Å². The molecule has 0 aliphatic rings. The van der Waals surface area contributed by atoms with Gasteiger partial charge in [-0.05, 0) is 144 Å². The van der Waals surface area contributed by atoms with E-state index >= 15 is 0 Å². The lowest BCUT2D eigenvalue weighted by Crippen LogP contribution is -2.44. The van der Waals surface area contributed by atoms with Gasteiger partial charge in [-0.2, -0.15) is 0 Å². The van der Waals surface area contributed by atoms with Gasteiger partial charge in [0.15, 0.2) is 0 Å². The normalized spacial score (nSPS) is 13.1. The maximum absolute atomic E-state index is 12.9. The lowest BCUT2D eigenvalue weighted by molar-refractivity contribution is -0.145. The number of amides is 1. The number of nitrogens with one attached hydrogen (secondary N) is 1. The third-order valence-corrected chi connectivity index (χ3v) is 9.91. The Hall–Kier alpha value is -5.68. The van der Waals surface area contributed by atoms with Crippen LogP contribution in [0.1, 0.15) is 128 Å². The Labute approximate surface area is 388 Å². The van der Waals surface area contributed by atoms with Gasteiger partial charge in [0, 0.05) is 6.42 Å². The Morgan fingerprint density at radius 1 is 0.523 bits per heavy atom. The van der Waals surface area contributed by atoms with E-state index in [9.17, 15) is 19.2 Å². The molecule has 11 heteroatoms. The van der Waals surface area contributed by atoms with Crippen molar-refractivity contribution >= 4 is 23.8 Å². The minimum Gasteiger partial charge on any atom is -0.488 e. The number of hydrogen-bond donors (Lipinski definition) is 3. The summed E-state index contributed by atoms with van der Waals surface area (Å²) in [4.78, 5) is 47.2. The van der Waals surface area contributed by atoms with Crippen LogP contribution in [0, 0.1) is 11.8 Å². The molecule has 4 aromatic carbocycles. The van der Waals surface area contributed by atoms with E-state index in [1.165, 1.54) is 25.3 Å². The van der Waals surface area contributed by atoms with Gasteiger partial charge in [0.1, 0.15) is 34.8 Å². The number of rotatable bonds is 17. The number of carboxylic acid groups (broad SMARTS) is 1. The molecule has 0 saturated carbocycles. The Bertz CT molecular complexity index is 2050. The zero-order valence-corrected chi connectivity index (χ0v) is 41.3. The number of esters is 2. The molecule has 0 bridgehead atoms. The molecule has 0 saturated heterocycles. The van der Waals surface area contributed by atoms with Gasteiger partial charge in [-0.25, -0.2) is 4.79 Å². The average molecular weight is 897 g/mol. The van der Waals surface area contributed by atoms with E-state index in [0.717, 1.165) is 46.6 Å². The number of carboxylic acids is 1. The molecular weight excluding hydrogens is 821 g/mol. The predicted molar refractivity (Wildman–Crippen MR) is 259 cm³/mol. The van der Waals surface area contributed by atoms with Crippen LogP contribution in [-0.2, 0) is 54.3 Å². The number of benzene rings is 4. The summed E-state index contributed by atoms with van der Waals surface area (Å²) in [5.41, 5.74) is 11.4. The number of carbonyl (C=O) groups is 4. The molecule has 0 radical (unpaired) electrons. The van der Waals surface area contributed by atoms with Crippen molar-refractivity contribution in [3.63, 3.8) is 0 Å². The number of hydrogen-bond acceptors (Lipinski definition) is 9. The first-order valence-corrected chi connectivity index (χ1v) is 22.5. The fourth-order valence-electron chi connectivity index (χ4n) is 6.57.